The van der Waals surface area contributed by atoms with Crippen molar-refractivity contribution in [3.63, 3.8) is 0 Å². The molecule has 6 aromatic rings. The molecule has 0 unspecified atom stereocenters. The van der Waals surface area contributed by atoms with E-state index in [0.717, 1.165) is 38.8 Å². The van der Waals surface area contributed by atoms with E-state index in [1.807, 2.05) is 42.5 Å². The Bertz CT molecular complexity index is 1370. The summed E-state index contributed by atoms with van der Waals surface area (Å²) in [5.41, 5.74) is 5.29. The van der Waals surface area contributed by atoms with Crippen molar-refractivity contribution < 1.29 is 4.42 Å². The second-order valence-electron chi connectivity index (χ2n) is 6.36. The van der Waals surface area contributed by atoms with Crippen LogP contribution in [0.15, 0.2) is 53.1 Å². The molecule has 0 amide bonds. The number of hydrogen-bond acceptors (Lipinski definition) is 9. The molecule has 0 aliphatic heterocycles. The molecule has 0 spiro atoms. The second-order valence-corrected chi connectivity index (χ2v) is 6.36. The molecule has 11 heteroatoms. The SMILES string of the molecule is c1cc2c(Nc3ccc4n[nH]nc4c3)nnc(Nc3ccc4n[nH]nc4c3)c2o1. The van der Waals surface area contributed by atoms with Gasteiger partial charge in [0.1, 0.15) is 22.1 Å². The van der Waals surface area contributed by atoms with Gasteiger partial charge >= 0.3 is 0 Å². The van der Waals surface area contributed by atoms with Crippen molar-refractivity contribution in [3.05, 3.63) is 48.7 Å². The zero-order chi connectivity index (χ0) is 19.2. The minimum atomic E-state index is 0.505. The van der Waals surface area contributed by atoms with Gasteiger partial charge in [-0.1, -0.05) is 0 Å². The predicted octanol–water partition coefficient (Wildman–Crippen LogP) is 3.25. The van der Waals surface area contributed by atoms with Gasteiger partial charge in [-0.3, -0.25) is 0 Å². The highest BCUT2D eigenvalue weighted by Crippen LogP contribution is 2.31. The van der Waals surface area contributed by atoms with E-state index >= 15 is 0 Å². The first-order valence-corrected chi connectivity index (χ1v) is 8.72. The number of aromatic nitrogens is 8. The number of aromatic amines is 2. The van der Waals surface area contributed by atoms with Gasteiger partial charge in [0.2, 0.25) is 0 Å². The normalized spacial score (nSPS) is 11.4. The van der Waals surface area contributed by atoms with E-state index < -0.39 is 0 Å². The van der Waals surface area contributed by atoms with Crippen molar-refractivity contribution >= 4 is 56.0 Å². The Morgan fingerprint density at radius 3 is 1.93 bits per heavy atom. The summed E-state index contributed by atoms with van der Waals surface area (Å²) in [6.45, 7) is 0. The minimum Gasteiger partial charge on any atom is -0.460 e. The number of nitrogens with one attached hydrogen (secondary N) is 4. The summed E-state index contributed by atoms with van der Waals surface area (Å²) >= 11 is 0. The van der Waals surface area contributed by atoms with Crippen molar-refractivity contribution in [1.82, 2.24) is 41.0 Å². The largest absolute Gasteiger partial charge is 0.460 e. The first-order chi connectivity index (χ1) is 14.3. The van der Waals surface area contributed by atoms with Crippen LogP contribution in [0.25, 0.3) is 33.0 Å². The summed E-state index contributed by atoms with van der Waals surface area (Å²) in [6, 6.07) is 13.1. The van der Waals surface area contributed by atoms with Gasteiger partial charge in [-0.05, 0) is 42.5 Å². The Morgan fingerprint density at radius 2 is 1.24 bits per heavy atom. The molecular weight excluding hydrogens is 372 g/mol. The van der Waals surface area contributed by atoms with Gasteiger partial charge < -0.3 is 15.1 Å². The number of rotatable bonds is 4. The van der Waals surface area contributed by atoms with Gasteiger partial charge in [0.15, 0.2) is 17.2 Å². The van der Waals surface area contributed by atoms with E-state index in [1.165, 1.54) is 0 Å². The molecule has 11 nitrogen and oxygen atoms in total. The standard InChI is InChI=1S/C18H12N10O/c1-3-12-14(23-27-21-12)7-9(1)19-17-11-5-6-29-16(11)18(26-25-17)20-10-2-4-13-15(8-10)24-28-22-13/h1-8H,(H,19,25)(H,20,26)(H,21,23,27)(H,22,24,28). The number of nitrogens with zero attached hydrogens (tertiary/aromatic N) is 6. The number of benzene rings is 2. The Balaban J connectivity index is 1.35. The Kier molecular flexibility index (Phi) is 3.20. The maximum absolute atomic E-state index is 5.66. The third kappa shape index (κ3) is 2.60. The van der Waals surface area contributed by atoms with E-state index in [9.17, 15) is 0 Å². The molecule has 4 heterocycles. The quantitative estimate of drug-likeness (QED) is 0.359. The zero-order valence-electron chi connectivity index (χ0n) is 14.7. The summed E-state index contributed by atoms with van der Waals surface area (Å²) in [5.74, 6) is 1.08. The number of H-pyrrole nitrogens is 2. The number of hydrogen-bond donors (Lipinski definition) is 4. The Morgan fingerprint density at radius 1 is 0.655 bits per heavy atom. The highest BCUT2D eigenvalue weighted by molar-refractivity contribution is 5.97. The molecule has 29 heavy (non-hydrogen) atoms. The highest BCUT2D eigenvalue weighted by Gasteiger charge is 2.14. The maximum Gasteiger partial charge on any atom is 0.197 e. The molecule has 0 aliphatic carbocycles. The van der Waals surface area contributed by atoms with E-state index in [-0.39, 0.29) is 0 Å². The van der Waals surface area contributed by atoms with Crippen LogP contribution in [0, 0.1) is 0 Å². The van der Waals surface area contributed by atoms with Crippen molar-refractivity contribution in [2.24, 2.45) is 0 Å². The van der Waals surface area contributed by atoms with Crippen LogP contribution < -0.4 is 10.6 Å². The van der Waals surface area contributed by atoms with Gasteiger partial charge in [-0.2, -0.15) is 30.8 Å². The maximum atomic E-state index is 5.66. The molecule has 0 radical (unpaired) electrons. The molecule has 2 aromatic carbocycles. The molecule has 4 N–H and O–H groups in total. The van der Waals surface area contributed by atoms with E-state index in [2.05, 4.69) is 51.7 Å². The summed E-state index contributed by atoms with van der Waals surface area (Å²) in [7, 11) is 0. The Labute approximate surface area is 161 Å². The molecule has 0 atom stereocenters. The van der Waals surface area contributed by atoms with Crippen LogP contribution >= 0.6 is 0 Å². The van der Waals surface area contributed by atoms with Gasteiger partial charge in [-0.15, -0.1) is 10.2 Å². The predicted molar refractivity (Wildman–Crippen MR) is 106 cm³/mol. The van der Waals surface area contributed by atoms with Crippen molar-refractivity contribution in [2.45, 2.75) is 0 Å². The third-order valence-corrected chi connectivity index (χ3v) is 4.54. The highest BCUT2D eigenvalue weighted by atomic mass is 16.3. The molecule has 0 saturated heterocycles. The van der Waals surface area contributed by atoms with Crippen LogP contribution in [0.2, 0.25) is 0 Å². The fourth-order valence-electron chi connectivity index (χ4n) is 3.16. The Hall–Kier alpha value is -4.54. The average Bonchev–Trinajstić information content (AvgIpc) is 3.49. The summed E-state index contributed by atoms with van der Waals surface area (Å²) in [4.78, 5) is 0. The average molecular weight is 384 g/mol. The molecule has 4 aromatic heterocycles. The van der Waals surface area contributed by atoms with Crippen molar-refractivity contribution in [2.75, 3.05) is 10.6 Å². The van der Waals surface area contributed by atoms with Gasteiger partial charge in [0.25, 0.3) is 0 Å². The molecule has 0 aliphatic rings. The molecule has 0 fully saturated rings. The smallest absolute Gasteiger partial charge is 0.197 e. The van der Waals surface area contributed by atoms with E-state index in [0.29, 0.717) is 17.2 Å². The lowest BCUT2D eigenvalue weighted by atomic mass is 10.2. The fraction of sp³-hybridized carbons (Fsp3) is 0. The van der Waals surface area contributed by atoms with Crippen LogP contribution in [-0.2, 0) is 0 Å². The lowest BCUT2D eigenvalue weighted by molar-refractivity contribution is 0.615. The molecule has 140 valence electrons. The lowest BCUT2D eigenvalue weighted by Gasteiger charge is -2.09. The van der Waals surface area contributed by atoms with Gasteiger partial charge in [0, 0.05) is 11.4 Å². The number of anilines is 4. The van der Waals surface area contributed by atoms with Gasteiger partial charge in [-0.25, -0.2) is 0 Å². The minimum absolute atomic E-state index is 0.505. The van der Waals surface area contributed by atoms with Gasteiger partial charge in [0.05, 0.1) is 11.6 Å². The number of furan rings is 1. The van der Waals surface area contributed by atoms with Crippen LogP contribution in [0.5, 0.6) is 0 Å². The molecule has 0 bridgehead atoms. The number of fused-ring (bicyclic) bond motifs is 3. The molecule has 6 rings (SSSR count). The van der Waals surface area contributed by atoms with E-state index in [1.54, 1.807) is 6.26 Å². The first kappa shape index (κ1) is 15.5. The first-order valence-electron chi connectivity index (χ1n) is 8.72. The summed E-state index contributed by atoms with van der Waals surface area (Å²) in [5, 5.41) is 37.4. The van der Waals surface area contributed by atoms with Crippen molar-refractivity contribution in [1.29, 1.82) is 0 Å². The molecule has 0 saturated carbocycles. The van der Waals surface area contributed by atoms with Crippen molar-refractivity contribution in [3.8, 4) is 0 Å². The summed E-state index contributed by atoms with van der Waals surface area (Å²) < 4.78 is 5.66. The van der Waals surface area contributed by atoms with E-state index in [4.69, 9.17) is 4.42 Å². The van der Waals surface area contributed by atoms with Crippen LogP contribution in [0.4, 0.5) is 23.0 Å². The topological polar surface area (TPSA) is 146 Å². The lowest BCUT2D eigenvalue weighted by Crippen LogP contribution is -2.00. The monoisotopic (exact) mass is 384 g/mol. The molecular formula is C18H12N10O. The van der Waals surface area contributed by atoms with Crippen LogP contribution in [-0.4, -0.2) is 41.0 Å². The zero-order valence-corrected chi connectivity index (χ0v) is 14.7. The fourth-order valence-corrected chi connectivity index (χ4v) is 3.16. The second kappa shape index (κ2) is 5.99. The summed E-state index contributed by atoms with van der Waals surface area (Å²) in [6.07, 6.45) is 1.60. The van der Waals surface area contributed by atoms with Crippen LogP contribution in [0.3, 0.4) is 0 Å². The third-order valence-electron chi connectivity index (χ3n) is 4.54. The van der Waals surface area contributed by atoms with Crippen LogP contribution in [0.1, 0.15) is 0 Å².